The summed E-state index contributed by atoms with van der Waals surface area (Å²) in [6.45, 7) is 9.30. The van der Waals surface area contributed by atoms with E-state index in [0.29, 0.717) is 6.04 Å². The van der Waals surface area contributed by atoms with Crippen molar-refractivity contribution >= 4 is 0 Å². The Morgan fingerprint density at radius 1 is 1.22 bits per heavy atom. The highest BCUT2D eigenvalue weighted by atomic mass is 15.4. The first-order valence-corrected chi connectivity index (χ1v) is 6.54. The van der Waals surface area contributed by atoms with Gasteiger partial charge in [0.2, 0.25) is 0 Å². The molecule has 98 valence electrons. The van der Waals surface area contributed by atoms with Crippen LogP contribution >= 0.6 is 0 Å². The highest BCUT2D eigenvalue weighted by Gasteiger charge is 2.05. The van der Waals surface area contributed by atoms with Crippen LogP contribution in [0.5, 0.6) is 0 Å². The van der Waals surface area contributed by atoms with Gasteiger partial charge in [-0.3, -0.25) is 9.36 Å². The first kappa shape index (κ1) is 12.7. The fraction of sp³-hybridized carbons (Fsp3) is 0.500. The zero-order chi connectivity index (χ0) is 13.1. The lowest BCUT2D eigenvalue weighted by Gasteiger charge is -2.11. The minimum atomic E-state index is 0.466. The zero-order valence-corrected chi connectivity index (χ0v) is 11.6. The van der Waals surface area contributed by atoms with Gasteiger partial charge < -0.3 is 5.43 Å². The topological polar surface area (TPSA) is 34.8 Å². The number of rotatable bonds is 5. The Kier molecular flexibility index (Phi) is 3.75. The van der Waals surface area contributed by atoms with E-state index in [2.05, 4.69) is 67.3 Å². The van der Waals surface area contributed by atoms with Crippen LogP contribution in [0.3, 0.4) is 0 Å². The Morgan fingerprint density at radius 3 is 2.50 bits per heavy atom. The molecule has 1 atom stereocenters. The quantitative estimate of drug-likeness (QED) is 0.880. The van der Waals surface area contributed by atoms with Crippen LogP contribution in [0.1, 0.15) is 43.4 Å². The molecule has 0 aliphatic carbocycles. The summed E-state index contributed by atoms with van der Waals surface area (Å²) in [7, 11) is 0. The van der Waals surface area contributed by atoms with E-state index >= 15 is 0 Å². The molecule has 0 aliphatic heterocycles. The monoisotopic (exact) mass is 246 g/mol. The predicted molar refractivity (Wildman–Crippen MR) is 74.2 cm³/mol. The molecule has 0 fully saturated rings. The zero-order valence-electron chi connectivity index (χ0n) is 11.6. The Morgan fingerprint density at radius 2 is 1.89 bits per heavy atom. The normalized spacial score (nSPS) is 12.7. The van der Waals surface area contributed by atoms with Gasteiger partial charge in [-0.25, -0.2) is 0 Å². The molecule has 0 spiro atoms. The Labute approximate surface area is 109 Å². The van der Waals surface area contributed by atoms with Gasteiger partial charge in [0.25, 0.3) is 0 Å². The minimum absolute atomic E-state index is 0.466. The van der Waals surface area contributed by atoms with Gasteiger partial charge in [0.05, 0.1) is 12.2 Å². The summed E-state index contributed by atoms with van der Waals surface area (Å²) in [6.07, 6.45) is 3.16. The Balaban J connectivity index is 2.00. The number of aromatic nitrogens is 3. The van der Waals surface area contributed by atoms with Crippen molar-refractivity contribution < 1.29 is 0 Å². The van der Waals surface area contributed by atoms with Crippen molar-refractivity contribution in [3.63, 3.8) is 0 Å². The van der Waals surface area contributed by atoms with Crippen LogP contribution in [0.2, 0.25) is 0 Å². The van der Waals surface area contributed by atoms with Crippen molar-refractivity contribution in [1.29, 1.82) is 0 Å². The molecule has 2 aromatic rings. The van der Waals surface area contributed by atoms with Crippen LogP contribution in [0.15, 0.2) is 24.4 Å². The smallest absolute Gasteiger partial charge is 0.0831 e. The molecule has 2 heterocycles. The second kappa shape index (κ2) is 5.29. The van der Waals surface area contributed by atoms with Crippen LogP contribution in [-0.2, 0) is 6.54 Å². The first-order valence-electron chi connectivity index (χ1n) is 6.54. The average molecular weight is 246 g/mol. The SMILES string of the molecule is CCC(C)n1ccc(CNn2c(C)ccc2C)n1. The second-order valence-corrected chi connectivity index (χ2v) is 4.83. The van der Waals surface area contributed by atoms with Crippen LogP contribution in [0.4, 0.5) is 0 Å². The Hall–Kier alpha value is -1.71. The van der Waals surface area contributed by atoms with Gasteiger partial charge in [-0.05, 0) is 45.4 Å². The van der Waals surface area contributed by atoms with E-state index in [1.165, 1.54) is 11.4 Å². The maximum absolute atomic E-state index is 4.58. The van der Waals surface area contributed by atoms with Crippen molar-refractivity contribution in [1.82, 2.24) is 14.5 Å². The van der Waals surface area contributed by atoms with E-state index in [1.54, 1.807) is 0 Å². The number of aryl methyl sites for hydroxylation is 2. The van der Waals surface area contributed by atoms with Crippen LogP contribution in [0.25, 0.3) is 0 Å². The molecule has 1 unspecified atom stereocenters. The van der Waals surface area contributed by atoms with Crippen LogP contribution < -0.4 is 5.43 Å². The van der Waals surface area contributed by atoms with Gasteiger partial charge in [-0.1, -0.05) is 6.92 Å². The van der Waals surface area contributed by atoms with Gasteiger partial charge >= 0.3 is 0 Å². The lowest BCUT2D eigenvalue weighted by atomic mass is 10.3. The van der Waals surface area contributed by atoms with Crippen molar-refractivity contribution in [3.05, 3.63) is 41.5 Å². The summed E-state index contributed by atoms with van der Waals surface area (Å²) < 4.78 is 4.13. The standard InChI is InChI=1S/C14H22N4/c1-5-11(2)17-9-8-14(16-17)10-15-18-12(3)6-7-13(18)4/h6-9,11,15H,5,10H2,1-4H3. The number of nitrogens with one attached hydrogen (secondary N) is 1. The van der Waals surface area contributed by atoms with Gasteiger partial charge in [0.15, 0.2) is 0 Å². The third-order valence-corrected chi connectivity index (χ3v) is 3.40. The number of nitrogens with zero attached hydrogens (tertiary/aromatic N) is 3. The van der Waals surface area contributed by atoms with Gasteiger partial charge in [-0.2, -0.15) is 5.10 Å². The van der Waals surface area contributed by atoms with Crippen molar-refractivity contribution in [2.75, 3.05) is 5.43 Å². The third-order valence-electron chi connectivity index (χ3n) is 3.40. The molecule has 0 bridgehead atoms. The van der Waals surface area contributed by atoms with Crippen molar-refractivity contribution in [2.45, 2.75) is 46.7 Å². The maximum atomic E-state index is 4.58. The molecule has 0 saturated heterocycles. The maximum Gasteiger partial charge on any atom is 0.0831 e. The highest BCUT2D eigenvalue weighted by molar-refractivity contribution is 5.16. The molecule has 18 heavy (non-hydrogen) atoms. The lowest BCUT2D eigenvalue weighted by molar-refractivity contribution is 0.473. The van der Waals surface area contributed by atoms with Gasteiger partial charge in [0, 0.05) is 23.6 Å². The molecule has 0 saturated carbocycles. The number of hydrogen-bond donors (Lipinski definition) is 1. The molecular weight excluding hydrogens is 224 g/mol. The summed E-state index contributed by atoms with van der Waals surface area (Å²) in [5.41, 5.74) is 6.89. The molecule has 0 amide bonds. The average Bonchev–Trinajstić information content (AvgIpc) is 2.95. The first-order chi connectivity index (χ1) is 8.61. The molecule has 4 heteroatoms. The largest absolute Gasteiger partial charge is 0.320 e. The fourth-order valence-corrected chi connectivity index (χ4v) is 1.98. The summed E-state index contributed by atoms with van der Waals surface area (Å²) >= 11 is 0. The molecule has 0 aromatic carbocycles. The van der Waals surface area contributed by atoms with E-state index in [0.717, 1.165) is 18.7 Å². The summed E-state index contributed by atoms with van der Waals surface area (Å²) in [5.74, 6) is 0. The van der Waals surface area contributed by atoms with E-state index in [1.807, 2.05) is 4.68 Å². The lowest BCUT2D eigenvalue weighted by Crippen LogP contribution is -2.17. The van der Waals surface area contributed by atoms with E-state index in [9.17, 15) is 0 Å². The van der Waals surface area contributed by atoms with Crippen molar-refractivity contribution in [2.24, 2.45) is 0 Å². The molecule has 0 aliphatic rings. The summed E-state index contributed by atoms with van der Waals surface area (Å²) in [6, 6.07) is 6.77. The predicted octanol–water partition coefficient (Wildman–Crippen LogP) is 3.02. The summed E-state index contributed by atoms with van der Waals surface area (Å²) in [5, 5.41) is 4.58. The number of hydrogen-bond acceptors (Lipinski definition) is 2. The molecule has 2 aromatic heterocycles. The van der Waals surface area contributed by atoms with Crippen molar-refractivity contribution in [3.8, 4) is 0 Å². The molecular formula is C14H22N4. The van der Waals surface area contributed by atoms with E-state index in [-0.39, 0.29) is 0 Å². The van der Waals surface area contributed by atoms with Crippen LogP contribution in [-0.4, -0.2) is 14.5 Å². The molecule has 1 N–H and O–H groups in total. The Bertz CT molecular complexity index is 490. The van der Waals surface area contributed by atoms with Gasteiger partial charge in [0.1, 0.15) is 0 Å². The molecule has 0 radical (unpaired) electrons. The third kappa shape index (κ3) is 2.58. The van der Waals surface area contributed by atoms with E-state index in [4.69, 9.17) is 0 Å². The molecule has 2 rings (SSSR count). The highest BCUT2D eigenvalue weighted by Crippen LogP contribution is 2.10. The van der Waals surface area contributed by atoms with Crippen LogP contribution in [0, 0.1) is 13.8 Å². The van der Waals surface area contributed by atoms with E-state index < -0.39 is 0 Å². The second-order valence-electron chi connectivity index (χ2n) is 4.83. The molecule has 4 nitrogen and oxygen atoms in total. The minimum Gasteiger partial charge on any atom is -0.320 e. The fourth-order valence-electron chi connectivity index (χ4n) is 1.98. The van der Waals surface area contributed by atoms with Gasteiger partial charge in [-0.15, -0.1) is 0 Å². The summed E-state index contributed by atoms with van der Waals surface area (Å²) in [4.78, 5) is 0.